The summed E-state index contributed by atoms with van der Waals surface area (Å²) >= 11 is 4.01. The van der Waals surface area contributed by atoms with E-state index in [0.717, 1.165) is 6.42 Å². The molecule has 0 aromatic rings. The minimum Gasteiger partial charge on any atom is -0.259 e. The summed E-state index contributed by atoms with van der Waals surface area (Å²) in [6.45, 7) is 0. The first-order valence-corrected chi connectivity index (χ1v) is 6.34. The van der Waals surface area contributed by atoms with Crippen LogP contribution >= 0.6 is 12.6 Å². The Morgan fingerprint density at radius 3 is 2.20 bits per heavy atom. The highest BCUT2D eigenvalue weighted by molar-refractivity contribution is 7.87. The molecule has 1 rings (SSSR count). The van der Waals surface area contributed by atoms with Gasteiger partial charge in [-0.25, -0.2) is 0 Å². The van der Waals surface area contributed by atoms with Crippen LogP contribution in [0.1, 0.15) is 25.7 Å². The molecule has 3 nitrogen and oxygen atoms in total. The average molecular weight is 264 g/mol. The summed E-state index contributed by atoms with van der Waals surface area (Å²) in [6.07, 6.45) is 1.40. The summed E-state index contributed by atoms with van der Waals surface area (Å²) in [6, 6.07) is 0. The Kier molecular flexibility index (Phi) is 3.94. The maximum atomic E-state index is 12.0. The van der Waals surface area contributed by atoms with E-state index in [2.05, 4.69) is 16.8 Å². The molecule has 0 heterocycles. The van der Waals surface area contributed by atoms with E-state index in [0.29, 0.717) is 19.3 Å². The fourth-order valence-electron chi connectivity index (χ4n) is 1.41. The predicted octanol–water partition coefficient (Wildman–Crippen LogP) is 2.09. The Morgan fingerprint density at radius 1 is 1.20 bits per heavy atom. The number of halogens is 3. The zero-order valence-corrected chi connectivity index (χ0v) is 9.41. The molecule has 0 N–H and O–H groups in total. The smallest absolute Gasteiger partial charge is 0.259 e. The zero-order chi connectivity index (χ0) is 11.7. The summed E-state index contributed by atoms with van der Waals surface area (Å²) in [4.78, 5) is 0. The fourth-order valence-corrected chi connectivity index (χ4v) is 2.55. The normalized spacial score (nSPS) is 29.1. The van der Waals surface area contributed by atoms with E-state index in [1.807, 2.05) is 0 Å². The Morgan fingerprint density at radius 2 is 1.73 bits per heavy atom. The summed E-state index contributed by atoms with van der Waals surface area (Å²) in [5, 5.41) is -0.448. The minimum absolute atomic E-state index is 0.295. The molecule has 0 radical (unpaired) electrons. The number of hydrogen-bond donors (Lipinski definition) is 1. The SMILES string of the molecule is O=S(=O)(OC1CCCCC1S)C(F)(F)F. The van der Waals surface area contributed by atoms with E-state index < -0.39 is 27.0 Å². The van der Waals surface area contributed by atoms with Crippen molar-refractivity contribution in [3.8, 4) is 0 Å². The topological polar surface area (TPSA) is 43.4 Å². The van der Waals surface area contributed by atoms with Crippen molar-refractivity contribution in [1.29, 1.82) is 0 Å². The van der Waals surface area contributed by atoms with Crippen molar-refractivity contribution in [2.45, 2.75) is 42.5 Å². The van der Waals surface area contributed by atoms with Gasteiger partial charge in [0.1, 0.15) is 0 Å². The van der Waals surface area contributed by atoms with Crippen LogP contribution in [0.25, 0.3) is 0 Å². The second-order valence-corrected chi connectivity index (χ2v) is 5.61. The average Bonchev–Trinajstić information content (AvgIpc) is 2.06. The molecule has 2 unspecified atom stereocenters. The van der Waals surface area contributed by atoms with Crippen molar-refractivity contribution in [3.63, 3.8) is 0 Å². The molecule has 0 aromatic heterocycles. The number of rotatable bonds is 2. The standard InChI is InChI=1S/C7H11F3O3S2/c8-7(9,10)15(11,12)13-5-3-1-2-4-6(5)14/h5-6,14H,1-4H2. The van der Waals surface area contributed by atoms with E-state index in [1.54, 1.807) is 0 Å². The minimum atomic E-state index is -5.48. The molecule has 1 fully saturated rings. The first-order valence-electron chi connectivity index (χ1n) is 4.41. The van der Waals surface area contributed by atoms with Gasteiger partial charge in [-0.2, -0.15) is 34.2 Å². The van der Waals surface area contributed by atoms with Gasteiger partial charge in [0.05, 0.1) is 6.10 Å². The van der Waals surface area contributed by atoms with E-state index in [9.17, 15) is 21.6 Å². The Labute approximate surface area is 91.5 Å². The van der Waals surface area contributed by atoms with Crippen LogP contribution in [0.5, 0.6) is 0 Å². The molecular weight excluding hydrogens is 253 g/mol. The largest absolute Gasteiger partial charge is 0.523 e. The molecule has 8 heteroatoms. The monoisotopic (exact) mass is 264 g/mol. The second kappa shape index (κ2) is 4.50. The highest BCUT2D eigenvalue weighted by Gasteiger charge is 2.49. The Bertz CT molecular complexity index is 312. The van der Waals surface area contributed by atoms with Crippen molar-refractivity contribution < 1.29 is 25.8 Å². The lowest BCUT2D eigenvalue weighted by Crippen LogP contribution is -2.36. The number of thiol groups is 1. The number of hydrogen-bond acceptors (Lipinski definition) is 4. The van der Waals surface area contributed by atoms with Gasteiger partial charge in [0.15, 0.2) is 0 Å². The zero-order valence-electron chi connectivity index (χ0n) is 7.70. The molecule has 0 amide bonds. The van der Waals surface area contributed by atoms with Gasteiger partial charge < -0.3 is 0 Å². The molecule has 0 saturated heterocycles. The van der Waals surface area contributed by atoms with Gasteiger partial charge in [-0.1, -0.05) is 12.8 Å². The van der Waals surface area contributed by atoms with Crippen molar-refractivity contribution in [3.05, 3.63) is 0 Å². The van der Waals surface area contributed by atoms with Crippen molar-refractivity contribution in [1.82, 2.24) is 0 Å². The Balaban J connectivity index is 2.69. The molecule has 1 aliphatic carbocycles. The van der Waals surface area contributed by atoms with Crippen LogP contribution in [-0.2, 0) is 14.3 Å². The number of alkyl halides is 3. The summed E-state index contributed by atoms with van der Waals surface area (Å²) in [5.41, 5.74) is -5.35. The maximum Gasteiger partial charge on any atom is 0.523 e. The van der Waals surface area contributed by atoms with E-state index in [-0.39, 0.29) is 0 Å². The maximum absolute atomic E-state index is 12.0. The highest BCUT2D eigenvalue weighted by atomic mass is 32.2. The van der Waals surface area contributed by atoms with Gasteiger partial charge in [0.2, 0.25) is 0 Å². The molecule has 2 atom stereocenters. The fraction of sp³-hybridized carbons (Fsp3) is 1.00. The first kappa shape index (κ1) is 13.1. The molecule has 0 bridgehead atoms. The van der Waals surface area contributed by atoms with Crippen LogP contribution in [0.4, 0.5) is 13.2 Å². The third kappa shape index (κ3) is 3.25. The summed E-state index contributed by atoms with van der Waals surface area (Å²) in [5.74, 6) is 0. The quantitative estimate of drug-likeness (QED) is 0.472. The van der Waals surface area contributed by atoms with Gasteiger partial charge in [-0.05, 0) is 12.8 Å². The van der Waals surface area contributed by atoms with Crippen LogP contribution in [0, 0.1) is 0 Å². The molecule has 15 heavy (non-hydrogen) atoms. The van der Waals surface area contributed by atoms with Crippen molar-refractivity contribution in [2.75, 3.05) is 0 Å². The lowest BCUT2D eigenvalue weighted by Gasteiger charge is -2.27. The lowest BCUT2D eigenvalue weighted by atomic mass is 9.97. The van der Waals surface area contributed by atoms with E-state index in [1.165, 1.54) is 0 Å². The molecule has 1 saturated carbocycles. The Hall–Kier alpha value is 0.0500. The molecule has 0 spiro atoms. The predicted molar refractivity (Wildman–Crippen MR) is 51.1 cm³/mol. The van der Waals surface area contributed by atoms with Gasteiger partial charge >= 0.3 is 15.6 Å². The van der Waals surface area contributed by atoms with Crippen LogP contribution in [0.2, 0.25) is 0 Å². The van der Waals surface area contributed by atoms with Gasteiger partial charge in [-0.3, -0.25) is 4.18 Å². The third-order valence-electron chi connectivity index (χ3n) is 2.20. The molecule has 90 valence electrons. The van der Waals surface area contributed by atoms with E-state index >= 15 is 0 Å². The first-order chi connectivity index (χ1) is 6.74. The van der Waals surface area contributed by atoms with Crippen LogP contribution in [-0.4, -0.2) is 25.3 Å². The van der Waals surface area contributed by atoms with Crippen LogP contribution in [0.3, 0.4) is 0 Å². The van der Waals surface area contributed by atoms with Crippen molar-refractivity contribution in [2.24, 2.45) is 0 Å². The van der Waals surface area contributed by atoms with Gasteiger partial charge in [0.25, 0.3) is 0 Å². The van der Waals surface area contributed by atoms with Crippen LogP contribution < -0.4 is 0 Å². The lowest BCUT2D eigenvalue weighted by molar-refractivity contribution is -0.0581. The summed E-state index contributed by atoms with van der Waals surface area (Å²) in [7, 11) is -5.48. The van der Waals surface area contributed by atoms with Gasteiger partial charge in [0, 0.05) is 5.25 Å². The highest BCUT2D eigenvalue weighted by Crippen LogP contribution is 2.31. The molecule has 1 aliphatic rings. The van der Waals surface area contributed by atoms with Gasteiger partial charge in [-0.15, -0.1) is 0 Å². The molecular formula is C7H11F3O3S2. The van der Waals surface area contributed by atoms with Crippen molar-refractivity contribution >= 4 is 22.7 Å². The summed E-state index contributed by atoms with van der Waals surface area (Å²) < 4.78 is 61.4. The van der Waals surface area contributed by atoms with Crippen LogP contribution in [0.15, 0.2) is 0 Å². The second-order valence-electron chi connectivity index (χ2n) is 3.39. The van der Waals surface area contributed by atoms with E-state index in [4.69, 9.17) is 0 Å². The molecule has 0 aromatic carbocycles. The molecule has 0 aliphatic heterocycles. The third-order valence-corrected chi connectivity index (χ3v) is 3.86.